The first-order valence-electron chi connectivity index (χ1n) is 26.2. The Hall–Kier alpha value is -4.27. The van der Waals surface area contributed by atoms with Crippen LogP contribution in [0.4, 0.5) is 10.1 Å². The highest BCUT2D eigenvalue weighted by Crippen LogP contribution is 2.42. The highest BCUT2D eigenvalue weighted by Gasteiger charge is 2.31. The van der Waals surface area contributed by atoms with Gasteiger partial charge in [-0.2, -0.15) is 0 Å². The third-order valence-electron chi connectivity index (χ3n) is 4.70. The minimum absolute atomic E-state index is 0.974. The number of nitrogens with zero attached hydrogens (tertiary/aromatic N) is 1. The number of para-hydroxylation sites is 1. The van der Waals surface area contributed by atoms with Gasteiger partial charge >= 0.3 is 5.97 Å². The lowest BCUT2D eigenvalue weighted by Gasteiger charge is -2.20. The summed E-state index contributed by atoms with van der Waals surface area (Å²) in [5, 5.41) is 33.6. The molecule has 0 spiro atoms. The lowest BCUT2D eigenvalue weighted by molar-refractivity contribution is -0.139. The Morgan fingerprint density at radius 1 is 0.976 bits per heavy atom. The van der Waals surface area contributed by atoms with Gasteiger partial charge in [-0.15, -0.1) is 0 Å². The molecule has 214 valence electrons. The standard InChI is InChI=1S/C33H35FN2O5/c1-21(2)31-30(33(41)35-25-11-7-4-8-12-25)29(22-9-5-3-6-10-22)32(23-13-15-24(34)16-14-23)36(31)18-17-26(37)19-27(38)20-28(39)40/h3-16,21,26-27,37-38H,17-20H2,1-2H3,(H,35,41)(H,39,40)/t26-,27-/m0/s1/i1D3,2D3,3D,4D,5D,6D,7D,8D,9D,10D,11D,12D,13D,14D,15D,16D,17D2,18D2,19D2,20D2,21D,26D,27D. The molecule has 1 aromatic heterocycles. The van der Waals surface area contributed by atoms with Crippen LogP contribution in [-0.4, -0.2) is 43.9 Å². The Kier molecular flexibility index (Phi) is 3.06. The second kappa shape index (κ2) is 13.4. The number of halogens is 1. The second-order valence-corrected chi connectivity index (χ2v) is 7.29. The first kappa shape index (κ1) is 9.37. The van der Waals surface area contributed by atoms with Gasteiger partial charge in [-0.25, -0.2) is 4.39 Å². The fourth-order valence-corrected chi connectivity index (χ4v) is 3.29. The quantitative estimate of drug-likeness (QED) is 0.155. The molecule has 0 aliphatic heterocycles. The smallest absolute Gasteiger partial charge is 0.305 e. The average molecular weight is 590 g/mol. The molecule has 8 heteroatoms. The van der Waals surface area contributed by atoms with Crippen molar-refractivity contribution in [2.75, 3.05) is 5.32 Å². The molecule has 0 fully saturated rings. The van der Waals surface area contributed by atoms with E-state index < -0.39 is 204 Å². The van der Waals surface area contributed by atoms with E-state index in [4.69, 9.17) is 38.4 Å². The van der Waals surface area contributed by atoms with Gasteiger partial charge in [0, 0.05) is 44.0 Å². The van der Waals surface area contributed by atoms with Crippen molar-refractivity contribution in [2.45, 2.75) is 57.4 Å². The van der Waals surface area contributed by atoms with E-state index in [9.17, 15) is 24.2 Å². The van der Waals surface area contributed by atoms with Crippen LogP contribution in [0.2, 0.25) is 0 Å². The number of nitrogens with one attached hydrogen (secondary N) is 1. The molecule has 2 atom stereocenters. The minimum Gasteiger partial charge on any atom is -0.481 e. The van der Waals surface area contributed by atoms with Gasteiger partial charge in [-0.3, -0.25) is 9.59 Å². The van der Waals surface area contributed by atoms with Gasteiger partial charge in [0.05, 0.1) is 51.7 Å². The Labute approximate surface area is 282 Å². The molecule has 3 aromatic carbocycles. The molecule has 0 unspecified atom stereocenters. The van der Waals surface area contributed by atoms with Crippen molar-refractivity contribution < 1.29 is 71.8 Å². The molecule has 0 saturated heterocycles. The van der Waals surface area contributed by atoms with Gasteiger partial charge in [0.2, 0.25) is 0 Å². The van der Waals surface area contributed by atoms with E-state index >= 15 is 9.18 Å². The maximum atomic E-state index is 15.4. The summed E-state index contributed by atoms with van der Waals surface area (Å²) in [6, 6.07) is -21.4. The van der Waals surface area contributed by atoms with Crippen molar-refractivity contribution in [1.29, 1.82) is 0 Å². The van der Waals surface area contributed by atoms with Crippen LogP contribution >= 0.6 is 0 Å². The molecule has 0 aliphatic rings. The summed E-state index contributed by atoms with van der Waals surface area (Å²) in [4.78, 5) is 27.2. The number of hydrogen-bond acceptors (Lipinski definition) is 4. The maximum Gasteiger partial charge on any atom is 0.305 e. The molecule has 4 N–H and O–H groups in total. The van der Waals surface area contributed by atoms with E-state index in [2.05, 4.69) is 0 Å². The number of aliphatic carboxylic acids is 1. The molecule has 1 heterocycles. The summed E-state index contributed by atoms with van der Waals surface area (Å²) in [6.07, 6.45) is -26.2. The number of carbonyl (C=O) groups is 2. The zero-order valence-corrected chi connectivity index (χ0v) is 20.0. The molecule has 4 aromatic rings. The zero-order chi connectivity index (χ0) is 56.6. The monoisotopic (exact) mass is 589 g/mol. The van der Waals surface area contributed by atoms with E-state index in [0.29, 0.717) is 0 Å². The lowest BCUT2D eigenvalue weighted by atomic mass is 9.94. The number of carboxylic acids is 1. The Morgan fingerprint density at radius 3 is 2.22 bits per heavy atom. The number of carbonyl (C=O) groups excluding carboxylic acids is 1. The zero-order valence-electron chi connectivity index (χ0n) is 51.0. The largest absolute Gasteiger partial charge is 0.481 e. The van der Waals surface area contributed by atoms with E-state index in [1.54, 1.807) is 5.32 Å². The van der Waals surface area contributed by atoms with Crippen molar-refractivity contribution in [3.8, 4) is 22.4 Å². The van der Waals surface area contributed by atoms with E-state index in [-0.39, 0.29) is 0 Å². The third-order valence-corrected chi connectivity index (χ3v) is 4.70. The van der Waals surface area contributed by atoms with Crippen molar-refractivity contribution in [3.63, 3.8) is 0 Å². The van der Waals surface area contributed by atoms with Crippen molar-refractivity contribution in [2.24, 2.45) is 0 Å². The molecule has 0 saturated carbocycles. The maximum absolute atomic E-state index is 15.4. The van der Waals surface area contributed by atoms with Crippen LogP contribution < -0.4 is 5.32 Å². The highest BCUT2D eigenvalue weighted by molar-refractivity contribution is 6.12. The first-order chi connectivity index (χ1) is 32.0. The van der Waals surface area contributed by atoms with Gasteiger partial charge in [0.15, 0.2) is 0 Å². The topological polar surface area (TPSA) is 112 Å². The summed E-state index contributed by atoms with van der Waals surface area (Å²) in [7, 11) is 0. The van der Waals surface area contributed by atoms with Crippen LogP contribution in [0.1, 0.15) is 97.3 Å². The van der Waals surface area contributed by atoms with Crippen LogP contribution in [-0.2, 0) is 11.3 Å². The molecule has 1 amide bonds. The molecule has 4 rings (SSSR count). The number of carboxylic acid groups (broad SMARTS) is 1. The number of aromatic nitrogens is 1. The predicted molar refractivity (Wildman–Crippen MR) is 157 cm³/mol. The van der Waals surface area contributed by atoms with E-state index in [1.807, 2.05) is 0 Å². The minimum atomic E-state index is -5.52. The fourth-order valence-electron chi connectivity index (χ4n) is 3.29. The SMILES string of the molecule is [2H]c1c([2H])c([2H])c(NC(=O)c2c(-c3c([2H])c([2H])c([2H])c([2H])c3[2H])c(-c3c([2H])c([2H])c(F)c([2H])c3[2H])n(C([2H])([2H])C([2H])([2H])[C@]([2H])(O)C([2H])([2H])[C@]([2H])(O)C([2H])([2H])C(=O)O)c2C([2H])(C([2H])([2H])[2H])C([2H])([2H])[2H])c([2H])c1[2H]. The first-order valence-corrected chi connectivity index (χ1v) is 10.7. The molecule has 7 nitrogen and oxygen atoms in total. The number of aliphatic hydroxyl groups is 2. The van der Waals surface area contributed by atoms with Gasteiger partial charge in [-0.05, 0) is 66.0 Å². The molecule has 0 radical (unpaired) electrons. The fraction of sp³-hybridized carbons (Fsp3) is 0.273. The molecular weight excluding hydrogens is 523 g/mol. The number of hydrogen-bond donors (Lipinski definition) is 4. The van der Waals surface area contributed by atoms with Crippen LogP contribution in [0.3, 0.4) is 0 Å². The van der Waals surface area contributed by atoms with Crippen molar-refractivity contribution in [1.82, 2.24) is 4.57 Å². The number of anilines is 1. The van der Waals surface area contributed by atoms with Gasteiger partial charge in [0.25, 0.3) is 5.91 Å². The Morgan fingerprint density at radius 2 is 1.61 bits per heavy atom. The number of benzene rings is 3. The van der Waals surface area contributed by atoms with Crippen LogP contribution in [0.15, 0.2) is 84.6 Å². The highest BCUT2D eigenvalue weighted by atomic mass is 19.1. The third kappa shape index (κ3) is 7.28. The van der Waals surface area contributed by atoms with Crippen molar-refractivity contribution in [3.05, 3.63) is 102 Å². The summed E-state index contributed by atoms with van der Waals surface area (Å²) in [5.41, 5.74) is -13.6. The van der Waals surface area contributed by atoms with Crippen LogP contribution in [0.5, 0.6) is 0 Å². The normalized spacial score (nSPS) is 27.4. The van der Waals surface area contributed by atoms with Gasteiger partial charge < -0.3 is 25.2 Å². The molecule has 0 aliphatic carbocycles. The van der Waals surface area contributed by atoms with Crippen LogP contribution in [0, 0.1) is 5.82 Å². The molecule has 0 bridgehead atoms. The number of rotatable bonds is 12. The predicted octanol–water partition coefficient (Wildman–Crippen LogP) is 6.31. The lowest BCUT2D eigenvalue weighted by Crippen LogP contribution is -2.22. The van der Waals surface area contributed by atoms with Crippen molar-refractivity contribution >= 4 is 17.6 Å². The van der Waals surface area contributed by atoms with Crippen LogP contribution in [0.25, 0.3) is 22.4 Å². The summed E-state index contributed by atoms with van der Waals surface area (Å²) in [5.74, 6) is -12.4. The molecular formula is C33H35FN2O5. The summed E-state index contributed by atoms with van der Waals surface area (Å²) < 4.78 is 278. The van der Waals surface area contributed by atoms with E-state index in [0.717, 1.165) is 0 Å². The summed E-state index contributed by atoms with van der Waals surface area (Å²) in [6.45, 7) is -14.8. The van der Waals surface area contributed by atoms with Gasteiger partial charge in [-0.1, -0.05) is 62.0 Å². The Balaban J connectivity index is 2.71. The Bertz CT molecular complexity index is 2860. The second-order valence-electron chi connectivity index (χ2n) is 7.29. The van der Waals surface area contributed by atoms with E-state index in [1.165, 1.54) is 0 Å². The summed E-state index contributed by atoms with van der Waals surface area (Å²) >= 11 is 0. The molecule has 41 heavy (non-hydrogen) atoms. The number of amides is 1. The average Bonchev–Trinajstić information content (AvgIpc) is 3.60. The van der Waals surface area contributed by atoms with Gasteiger partial charge in [0.1, 0.15) is 5.82 Å².